The van der Waals surface area contributed by atoms with E-state index in [1.54, 1.807) is 6.92 Å². The first-order chi connectivity index (χ1) is 8.91. The molecule has 0 aliphatic heterocycles. The summed E-state index contributed by atoms with van der Waals surface area (Å²) in [5.41, 5.74) is 0.513. The Labute approximate surface area is 116 Å². The van der Waals surface area contributed by atoms with Crippen molar-refractivity contribution in [3.8, 4) is 11.1 Å². The topological polar surface area (TPSA) is 37.3 Å². The van der Waals surface area contributed by atoms with Crippen molar-refractivity contribution in [3.63, 3.8) is 0 Å². The second-order valence-corrected chi connectivity index (χ2v) is 4.91. The van der Waals surface area contributed by atoms with E-state index < -0.39 is 17.6 Å². The smallest absolute Gasteiger partial charge is 0.335 e. The Balaban J connectivity index is 2.70. The predicted octanol–water partition coefficient (Wildman–Crippen LogP) is 4.40. The standard InChI is InChI=1S/C14H9BrF2O2/c1-7-2-3-8(6-9(7)14(18)19)12-11(16)5-4-10(15)13(12)17/h2-6H,1H3,(H,18,19). The molecule has 2 aromatic carbocycles. The molecule has 0 aromatic heterocycles. The summed E-state index contributed by atoms with van der Waals surface area (Å²) in [6.45, 7) is 1.63. The number of carbonyl (C=O) groups is 1. The molecule has 2 nitrogen and oxygen atoms in total. The van der Waals surface area contributed by atoms with Gasteiger partial charge in [0, 0.05) is 0 Å². The van der Waals surface area contributed by atoms with Gasteiger partial charge in [0.05, 0.1) is 15.6 Å². The zero-order valence-electron chi connectivity index (χ0n) is 9.88. The van der Waals surface area contributed by atoms with Crippen molar-refractivity contribution in [1.29, 1.82) is 0 Å². The first-order valence-electron chi connectivity index (χ1n) is 5.39. The molecule has 0 spiro atoms. The molecule has 5 heteroatoms. The minimum absolute atomic E-state index is 0.0243. The fourth-order valence-electron chi connectivity index (χ4n) is 1.80. The quantitative estimate of drug-likeness (QED) is 0.830. The minimum Gasteiger partial charge on any atom is -0.478 e. The van der Waals surface area contributed by atoms with E-state index in [9.17, 15) is 13.6 Å². The zero-order chi connectivity index (χ0) is 14.2. The predicted molar refractivity (Wildman–Crippen MR) is 71.2 cm³/mol. The van der Waals surface area contributed by atoms with Crippen LogP contribution in [0.1, 0.15) is 15.9 Å². The van der Waals surface area contributed by atoms with Gasteiger partial charge in [-0.25, -0.2) is 13.6 Å². The molecule has 0 saturated carbocycles. The van der Waals surface area contributed by atoms with Crippen molar-refractivity contribution < 1.29 is 18.7 Å². The molecule has 1 N–H and O–H groups in total. The molecule has 0 radical (unpaired) electrons. The van der Waals surface area contributed by atoms with Crippen molar-refractivity contribution in [2.75, 3.05) is 0 Å². The summed E-state index contributed by atoms with van der Waals surface area (Å²) >= 11 is 2.98. The lowest BCUT2D eigenvalue weighted by Gasteiger charge is -2.09. The number of halogens is 3. The van der Waals surface area contributed by atoms with E-state index in [0.717, 1.165) is 6.07 Å². The number of carboxylic acids is 1. The highest BCUT2D eigenvalue weighted by atomic mass is 79.9. The number of aryl methyl sites for hydroxylation is 1. The first kappa shape index (κ1) is 13.7. The van der Waals surface area contributed by atoms with E-state index in [4.69, 9.17) is 5.11 Å². The van der Waals surface area contributed by atoms with Gasteiger partial charge < -0.3 is 5.11 Å². The summed E-state index contributed by atoms with van der Waals surface area (Å²) in [6.07, 6.45) is 0. The van der Waals surface area contributed by atoms with Gasteiger partial charge in [-0.05, 0) is 52.2 Å². The normalized spacial score (nSPS) is 10.5. The molecular formula is C14H9BrF2O2. The molecule has 0 aliphatic carbocycles. The molecule has 0 saturated heterocycles. The van der Waals surface area contributed by atoms with Crippen LogP contribution in [0.2, 0.25) is 0 Å². The zero-order valence-corrected chi connectivity index (χ0v) is 11.5. The van der Waals surface area contributed by atoms with Crippen molar-refractivity contribution in [1.82, 2.24) is 0 Å². The van der Waals surface area contributed by atoms with Gasteiger partial charge in [-0.2, -0.15) is 0 Å². The Morgan fingerprint density at radius 2 is 1.89 bits per heavy atom. The van der Waals surface area contributed by atoms with E-state index >= 15 is 0 Å². The van der Waals surface area contributed by atoms with Crippen LogP contribution >= 0.6 is 15.9 Å². The highest BCUT2D eigenvalue weighted by molar-refractivity contribution is 9.10. The maximum atomic E-state index is 13.9. The van der Waals surface area contributed by atoms with Crippen LogP contribution in [0.15, 0.2) is 34.8 Å². The van der Waals surface area contributed by atoms with E-state index in [-0.39, 0.29) is 21.2 Å². The summed E-state index contributed by atoms with van der Waals surface area (Å²) in [4.78, 5) is 11.0. The van der Waals surface area contributed by atoms with Crippen LogP contribution in [0.5, 0.6) is 0 Å². The van der Waals surface area contributed by atoms with E-state index in [0.29, 0.717) is 5.56 Å². The van der Waals surface area contributed by atoms with Crippen LogP contribution in [0.25, 0.3) is 11.1 Å². The molecule has 0 unspecified atom stereocenters. The van der Waals surface area contributed by atoms with E-state index in [2.05, 4.69) is 15.9 Å². The SMILES string of the molecule is Cc1ccc(-c2c(F)ccc(Br)c2F)cc1C(=O)O. The fraction of sp³-hybridized carbons (Fsp3) is 0.0714. The van der Waals surface area contributed by atoms with Crippen LogP contribution in [0.4, 0.5) is 8.78 Å². The second-order valence-electron chi connectivity index (χ2n) is 4.05. The Bertz CT molecular complexity index is 669. The first-order valence-corrected chi connectivity index (χ1v) is 6.19. The van der Waals surface area contributed by atoms with Crippen LogP contribution in [-0.2, 0) is 0 Å². The summed E-state index contributed by atoms with van der Waals surface area (Å²) in [5, 5.41) is 9.03. The van der Waals surface area contributed by atoms with Crippen molar-refractivity contribution in [3.05, 3.63) is 57.6 Å². The number of rotatable bonds is 2. The Morgan fingerprint density at radius 3 is 2.53 bits per heavy atom. The van der Waals surface area contributed by atoms with Crippen molar-refractivity contribution >= 4 is 21.9 Å². The van der Waals surface area contributed by atoms with Crippen LogP contribution < -0.4 is 0 Å². The lowest BCUT2D eigenvalue weighted by Crippen LogP contribution is -2.01. The molecule has 98 valence electrons. The molecule has 0 fully saturated rings. The lowest BCUT2D eigenvalue weighted by molar-refractivity contribution is 0.0696. The minimum atomic E-state index is -1.13. The third-order valence-corrected chi connectivity index (χ3v) is 3.41. The van der Waals surface area contributed by atoms with Gasteiger partial charge in [0.1, 0.15) is 11.6 Å². The number of aromatic carboxylic acids is 1. The van der Waals surface area contributed by atoms with Gasteiger partial charge in [0.2, 0.25) is 0 Å². The molecule has 0 atom stereocenters. The van der Waals surface area contributed by atoms with Gasteiger partial charge in [-0.1, -0.05) is 12.1 Å². The molecule has 0 bridgehead atoms. The van der Waals surface area contributed by atoms with Crippen LogP contribution in [-0.4, -0.2) is 11.1 Å². The van der Waals surface area contributed by atoms with Crippen molar-refractivity contribution in [2.24, 2.45) is 0 Å². The van der Waals surface area contributed by atoms with Crippen LogP contribution in [0.3, 0.4) is 0 Å². The molecule has 0 aliphatic rings. The van der Waals surface area contributed by atoms with Crippen LogP contribution in [0, 0.1) is 18.6 Å². The monoisotopic (exact) mass is 326 g/mol. The molecule has 2 rings (SSSR count). The summed E-state index contributed by atoms with van der Waals surface area (Å²) < 4.78 is 27.8. The third kappa shape index (κ3) is 2.51. The number of hydrogen-bond donors (Lipinski definition) is 1. The molecule has 19 heavy (non-hydrogen) atoms. The Kier molecular flexibility index (Phi) is 3.66. The molecule has 2 aromatic rings. The van der Waals surface area contributed by atoms with Gasteiger partial charge in [-0.3, -0.25) is 0 Å². The fourth-order valence-corrected chi connectivity index (χ4v) is 2.13. The average Bonchev–Trinajstić information content (AvgIpc) is 2.36. The largest absolute Gasteiger partial charge is 0.478 e. The summed E-state index contributed by atoms with van der Waals surface area (Å²) in [6, 6.07) is 6.68. The van der Waals surface area contributed by atoms with Crippen molar-refractivity contribution in [2.45, 2.75) is 6.92 Å². The molecular weight excluding hydrogens is 318 g/mol. The number of carboxylic acid groups (broad SMARTS) is 1. The van der Waals surface area contributed by atoms with Gasteiger partial charge in [0.15, 0.2) is 0 Å². The molecule has 0 amide bonds. The molecule has 0 heterocycles. The number of hydrogen-bond acceptors (Lipinski definition) is 1. The van der Waals surface area contributed by atoms with Gasteiger partial charge in [0.25, 0.3) is 0 Å². The van der Waals surface area contributed by atoms with E-state index in [1.165, 1.54) is 24.3 Å². The summed E-state index contributed by atoms with van der Waals surface area (Å²) in [5.74, 6) is -2.61. The summed E-state index contributed by atoms with van der Waals surface area (Å²) in [7, 11) is 0. The second kappa shape index (κ2) is 5.09. The number of benzene rings is 2. The lowest BCUT2D eigenvalue weighted by atomic mass is 9.99. The van der Waals surface area contributed by atoms with Gasteiger partial charge >= 0.3 is 5.97 Å². The third-order valence-electron chi connectivity index (χ3n) is 2.80. The maximum absolute atomic E-state index is 13.9. The van der Waals surface area contributed by atoms with Gasteiger partial charge in [-0.15, -0.1) is 0 Å². The average molecular weight is 327 g/mol. The highest BCUT2D eigenvalue weighted by Crippen LogP contribution is 2.31. The Hall–Kier alpha value is -1.75. The maximum Gasteiger partial charge on any atom is 0.335 e. The Morgan fingerprint density at radius 1 is 1.21 bits per heavy atom. The highest BCUT2D eigenvalue weighted by Gasteiger charge is 2.16. The van der Waals surface area contributed by atoms with E-state index in [1.807, 2.05) is 0 Å².